The van der Waals surface area contributed by atoms with E-state index in [2.05, 4.69) is 0 Å². The number of aryl methyl sites for hydroxylation is 1. The van der Waals surface area contributed by atoms with Crippen molar-refractivity contribution < 1.29 is 19.4 Å². The summed E-state index contributed by atoms with van der Waals surface area (Å²) in [7, 11) is 1.36. The Labute approximate surface area is 158 Å². The maximum Gasteiger partial charge on any atom is 0.409 e. The highest BCUT2D eigenvalue weighted by Crippen LogP contribution is 2.30. The molecule has 0 radical (unpaired) electrons. The van der Waals surface area contributed by atoms with Crippen LogP contribution in [0.4, 0.5) is 4.79 Å². The molecule has 5 nitrogen and oxygen atoms in total. The van der Waals surface area contributed by atoms with Crippen LogP contribution in [0, 0.1) is 6.92 Å². The third kappa shape index (κ3) is 4.99. The molecule has 0 heterocycles. The quantitative estimate of drug-likeness (QED) is 0.805. The monoisotopic (exact) mass is 375 g/mol. The van der Waals surface area contributed by atoms with Crippen LogP contribution in [0.15, 0.2) is 36.4 Å². The number of benzene rings is 2. The van der Waals surface area contributed by atoms with Gasteiger partial charge in [-0.2, -0.15) is 0 Å². The van der Waals surface area contributed by atoms with E-state index in [0.717, 1.165) is 22.3 Å². The van der Waals surface area contributed by atoms with E-state index in [0.29, 0.717) is 23.7 Å². The summed E-state index contributed by atoms with van der Waals surface area (Å²) in [6, 6.07) is 11.2. The van der Waals surface area contributed by atoms with Gasteiger partial charge in [0.15, 0.2) is 0 Å². The van der Waals surface area contributed by atoms with E-state index in [1.54, 1.807) is 17.0 Å². The van der Waals surface area contributed by atoms with Gasteiger partial charge in [0.1, 0.15) is 0 Å². The zero-order valence-electron chi connectivity index (χ0n) is 15.1. The summed E-state index contributed by atoms with van der Waals surface area (Å²) in [6.45, 7) is 4.77. The molecule has 0 atom stereocenters. The Bertz CT molecular complexity index is 819. The van der Waals surface area contributed by atoms with Crippen LogP contribution in [0.2, 0.25) is 5.02 Å². The fraction of sp³-hybridized carbons (Fsp3) is 0.300. The number of amides is 1. The Hall–Kier alpha value is -2.53. The zero-order valence-corrected chi connectivity index (χ0v) is 15.8. The molecule has 0 aliphatic heterocycles. The van der Waals surface area contributed by atoms with Gasteiger partial charge in [0.25, 0.3) is 0 Å². The lowest BCUT2D eigenvalue weighted by atomic mass is 9.95. The summed E-state index contributed by atoms with van der Waals surface area (Å²) in [6.07, 6.45) is -0.490. The second-order valence-electron chi connectivity index (χ2n) is 6.06. The zero-order chi connectivity index (χ0) is 19.3. The fourth-order valence-corrected chi connectivity index (χ4v) is 3.12. The largest absolute Gasteiger partial charge is 0.481 e. The molecule has 0 bridgehead atoms. The minimum Gasteiger partial charge on any atom is -0.481 e. The van der Waals surface area contributed by atoms with Crippen LogP contribution in [0.25, 0.3) is 11.1 Å². The molecule has 0 saturated heterocycles. The molecule has 138 valence electrons. The summed E-state index contributed by atoms with van der Waals surface area (Å²) in [5.74, 6) is -0.912. The van der Waals surface area contributed by atoms with Crippen molar-refractivity contribution in [3.8, 4) is 11.1 Å². The molecule has 0 aromatic heterocycles. The van der Waals surface area contributed by atoms with Gasteiger partial charge in [0.05, 0.1) is 13.5 Å². The van der Waals surface area contributed by atoms with E-state index in [9.17, 15) is 9.59 Å². The van der Waals surface area contributed by atoms with E-state index in [4.69, 9.17) is 21.4 Å². The molecular weight excluding hydrogens is 354 g/mol. The van der Waals surface area contributed by atoms with Gasteiger partial charge < -0.3 is 14.7 Å². The summed E-state index contributed by atoms with van der Waals surface area (Å²) in [5.41, 5.74) is 4.38. The fourth-order valence-electron chi connectivity index (χ4n) is 2.86. The average molecular weight is 376 g/mol. The second kappa shape index (κ2) is 8.72. The topological polar surface area (TPSA) is 66.8 Å². The van der Waals surface area contributed by atoms with E-state index >= 15 is 0 Å². The van der Waals surface area contributed by atoms with Crippen molar-refractivity contribution in [1.82, 2.24) is 4.90 Å². The van der Waals surface area contributed by atoms with Crippen molar-refractivity contribution in [3.05, 3.63) is 58.1 Å². The number of hydrogen-bond acceptors (Lipinski definition) is 3. The predicted octanol–water partition coefficient (Wildman–Crippen LogP) is 4.53. The van der Waals surface area contributed by atoms with E-state index < -0.39 is 12.1 Å². The van der Waals surface area contributed by atoms with E-state index in [1.807, 2.05) is 38.1 Å². The number of halogens is 1. The van der Waals surface area contributed by atoms with Crippen LogP contribution in [-0.2, 0) is 22.5 Å². The van der Waals surface area contributed by atoms with Crippen LogP contribution in [0.1, 0.15) is 23.6 Å². The summed E-state index contributed by atoms with van der Waals surface area (Å²) < 4.78 is 4.83. The molecule has 2 rings (SSSR count). The number of carboxylic acid groups (broad SMARTS) is 1. The molecule has 1 N–H and O–H groups in total. The van der Waals surface area contributed by atoms with Gasteiger partial charge in [0.2, 0.25) is 0 Å². The van der Waals surface area contributed by atoms with Gasteiger partial charge in [-0.1, -0.05) is 41.4 Å². The van der Waals surface area contributed by atoms with Gasteiger partial charge in [0, 0.05) is 18.1 Å². The number of nitrogens with zero attached hydrogens (tertiary/aromatic N) is 1. The molecule has 0 unspecified atom stereocenters. The smallest absolute Gasteiger partial charge is 0.409 e. The molecule has 0 fully saturated rings. The number of ether oxygens (including phenoxy) is 1. The minimum absolute atomic E-state index is 0.0992. The number of carbonyl (C=O) groups excluding carboxylic acids is 1. The van der Waals surface area contributed by atoms with Crippen LogP contribution < -0.4 is 0 Å². The number of aliphatic carboxylic acids is 1. The summed E-state index contributed by atoms with van der Waals surface area (Å²) in [4.78, 5) is 24.6. The number of methoxy groups -OCH3 is 1. The SMILES string of the molecule is CCN(Cc1cc(C)ccc1-c1cc(Cl)cc(CC(=O)O)c1)C(=O)OC. The molecule has 26 heavy (non-hydrogen) atoms. The summed E-state index contributed by atoms with van der Waals surface area (Å²) >= 11 is 6.20. The highest BCUT2D eigenvalue weighted by molar-refractivity contribution is 6.31. The first-order chi connectivity index (χ1) is 12.3. The first kappa shape index (κ1) is 19.8. The van der Waals surface area contributed by atoms with Crippen molar-refractivity contribution in [1.29, 1.82) is 0 Å². The van der Waals surface area contributed by atoms with Crippen molar-refractivity contribution in [2.24, 2.45) is 0 Å². The minimum atomic E-state index is -0.912. The van der Waals surface area contributed by atoms with Crippen LogP contribution >= 0.6 is 11.6 Å². The maximum atomic E-state index is 11.9. The van der Waals surface area contributed by atoms with Gasteiger partial charge in [-0.15, -0.1) is 0 Å². The van der Waals surface area contributed by atoms with Gasteiger partial charge >= 0.3 is 12.1 Å². The number of rotatable bonds is 6. The average Bonchev–Trinajstić information content (AvgIpc) is 2.57. The highest BCUT2D eigenvalue weighted by Gasteiger charge is 2.16. The lowest BCUT2D eigenvalue weighted by Gasteiger charge is -2.21. The molecule has 0 aliphatic carbocycles. The van der Waals surface area contributed by atoms with Crippen molar-refractivity contribution >= 4 is 23.7 Å². The lowest BCUT2D eigenvalue weighted by Crippen LogP contribution is -2.30. The highest BCUT2D eigenvalue weighted by atomic mass is 35.5. The Morgan fingerprint density at radius 1 is 1.19 bits per heavy atom. The molecule has 0 saturated carbocycles. The maximum absolute atomic E-state index is 11.9. The molecule has 2 aromatic carbocycles. The van der Waals surface area contributed by atoms with E-state index in [1.165, 1.54) is 7.11 Å². The normalized spacial score (nSPS) is 10.5. The first-order valence-corrected chi connectivity index (χ1v) is 8.66. The number of carbonyl (C=O) groups is 2. The molecule has 6 heteroatoms. The Kier molecular flexibility index (Phi) is 6.64. The molecule has 0 spiro atoms. The van der Waals surface area contributed by atoms with Gasteiger partial charge in [-0.05, 0) is 48.2 Å². The third-order valence-electron chi connectivity index (χ3n) is 4.06. The van der Waals surface area contributed by atoms with Crippen molar-refractivity contribution in [2.45, 2.75) is 26.8 Å². The predicted molar refractivity (Wildman–Crippen MR) is 101 cm³/mol. The molecule has 1 amide bonds. The van der Waals surface area contributed by atoms with Crippen LogP contribution in [0.3, 0.4) is 0 Å². The van der Waals surface area contributed by atoms with E-state index in [-0.39, 0.29) is 6.42 Å². The second-order valence-corrected chi connectivity index (χ2v) is 6.50. The van der Waals surface area contributed by atoms with Gasteiger partial charge in [-0.3, -0.25) is 4.79 Å². The number of carboxylic acids is 1. The number of hydrogen-bond donors (Lipinski definition) is 1. The van der Waals surface area contributed by atoms with Crippen LogP contribution in [0.5, 0.6) is 0 Å². The molecule has 2 aromatic rings. The van der Waals surface area contributed by atoms with Crippen molar-refractivity contribution in [3.63, 3.8) is 0 Å². The molecule has 0 aliphatic rings. The Balaban J connectivity index is 2.48. The molecular formula is C20H22ClNO4. The van der Waals surface area contributed by atoms with Crippen LogP contribution in [-0.4, -0.2) is 35.7 Å². The Morgan fingerprint density at radius 2 is 1.92 bits per heavy atom. The van der Waals surface area contributed by atoms with Crippen molar-refractivity contribution in [2.75, 3.05) is 13.7 Å². The third-order valence-corrected chi connectivity index (χ3v) is 4.28. The first-order valence-electron chi connectivity index (χ1n) is 8.28. The Morgan fingerprint density at radius 3 is 2.54 bits per heavy atom. The summed E-state index contributed by atoms with van der Waals surface area (Å²) in [5, 5.41) is 9.53. The standard InChI is InChI=1S/C20H22ClNO4/c1-4-22(20(25)26-3)12-16-7-13(2)5-6-18(16)15-8-14(10-19(23)24)9-17(21)11-15/h5-9,11H,4,10,12H2,1-3H3,(H,23,24). The lowest BCUT2D eigenvalue weighted by molar-refractivity contribution is -0.136. The van der Waals surface area contributed by atoms with Gasteiger partial charge in [-0.25, -0.2) is 4.79 Å².